The number of benzene rings is 1. The van der Waals surface area contributed by atoms with Gasteiger partial charge >= 0.3 is 0 Å². The minimum atomic E-state index is -0.202. The molecule has 5 nitrogen and oxygen atoms in total. The van der Waals surface area contributed by atoms with E-state index in [9.17, 15) is 4.79 Å². The van der Waals surface area contributed by atoms with Crippen LogP contribution in [0.5, 0.6) is 0 Å². The van der Waals surface area contributed by atoms with E-state index in [0.717, 1.165) is 29.9 Å². The predicted molar refractivity (Wildman–Crippen MR) is 118 cm³/mol. The first-order valence-electron chi connectivity index (χ1n) is 8.64. The maximum atomic E-state index is 13.3. The molecule has 148 valence electrons. The molecule has 28 heavy (non-hydrogen) atoms. The highest BCUT2D eigenvalue weighted by atomic mass is 35.5. The summed E-state index contributed by atoms with van der Waals surface area (Å²) in [5.74, 6) is -0.202. The molecule has 0 aliphatic carbocycles. The molecule has 4 rings (SSSR count). The van der Waals surface area contributed by atoms with Gasteiger partial charge in [0.15, 0.2) is 5.13 Å². The molecule has 1 fully saturated rings. The molecule has 0 bridgehead atoms. The summed E-state index contributed by atoms with van der Waals surface area (Å²) in [4.78, 5) is 21.9. The van der Waals surface area contributed by atoms with E-state index in [1.54, 1.807) is 17.0 Å². The van der Waals surface area contributed by atoms with Crippen LogP contribution >= 0.6 is 57.5 Å². The van der Waals surface area contributed by atoms with Gasteiger partial charge in [-0.2, -0.15) is 0 Å². The Morgan fingerprint density at radius 1 is 1.18 bits per heavy atom. The third-order valence-electron chi connectivity index (χ3n) is 4.45. The number of halogens is 3. The number of carbonyl (C=O) groups is 1. The second kappa shape index (κ2) is 8.83. The van der Waals surface area contributed by atoms with Crippen LogP contribution in [-0.4, -0.2) is 55.2 Å². The van der Waals surface area contributed by atoms with Crippen LogP contribution < -0.4 is 4.90 Å². The molecule has 1 amide bonds. The Bertz CT molecular complexity index is 1000. The van der Waals surface area contributed by atoms with Crippen molar-refractivity contribution in [3.05, 3.63) is 43.5 Å². The quantitative estimate of drug-likeness (QED) is 0.501. The first kappa shape index (κ1) is 20.3. The van der Waals surface area contributed by atoms with Crippen LogP contribution in [0.25, 0.3) is 10.2 Å². The molecule has 0 atom stereocenters. The Labute approximate surface area is 185 Å². The second-order valence-electron chi connectivity index (χ2n) is 6.26. The van der Waals surface area contributed by atoms with E-state index >= 15 is 0 Å². The van der Waals surface area contributed by atoms with Gasteiger partial charge in [-0.3, -0.25) is 14.6 Å². The van der Waals surface area contributed by atoms with E-state index in [1.165, 1.54) is 22.7 Å². The Morgan fingerprint density at radius 2 is 1.96 bits per heavy atom. The molecule has 2 aromatic heterocycles. The zero-order valence-corrected chi connectivity index (χ0v) is 18.6. The standard InChI is InChI=1S/C18H16Cl3N3O2S2/c19-11-1-2-13-14(9-11)27-18(22-13)24(4-3-23-5-7-26-8-6-23)17(25)12-10-15(20)28-16(12)21/h1-2,9-10H,3-8H2. The van der Waals surface area contributed by atoms with Crippen LogP contribution in [0.15, 0.2) is 24.3 Å². The van der Waals surface area contributed by atoms with Gasteiger partial charge in [-0.25, -0.2) is 4.98 Å². The summed E-state index contributed by atoms with van der Waals surface area (Å²) in [5.41, 5.74) is 1.21. The number of hydrogen-bond acceptors (Lipinski definition) is 6. The van der Waals surface area contributed by atoms with E-state index in [2.05, 4.69) is 9.88 Å². The zero-order valence-electron chi connectivity index (χ0n) is 14.7. The molecular formula is C18H16Cl3N3O2S2. The van der Waals surface area contributed by atoms with Crippen molar-refractivity contribution in [2.75, 3.05) is 44.3 Å². The minimum Gasteiger partial charge on any atom is -0.379 e. The summed E-state index contributed by atoms with van der Waals surface area (Å²) in [6, 6.07) is 7.12. The molecule has 0 unspecified atom stereocenters. The van der Waals surface area contributed by atoms with E-state index in [1.807, 2.05) is 12.1 Å². The molecule has 0 spiro atoms. The summed E-state index contributed by atoms with van der Waals surface area (Å²) < 4.78 is 7.20. The van der Waals surface area contributed by atoms with Crippen molar-refractivity contribution in [2.24, 2.45) is 0 Å². The van der Waals surface area contributed by atoms with E-state index in [0.29, 0.717) is 44.1 Å². The lowest BCUT2D eigenvalue weighted by Crippen LogP contribution is -2.43. The predicted octanol–water partition coefficient (Wildman–Crippen LogP) is 5.30. The molecule has 1 aliphatic rings. The number of aromatic nitrogens is 1. The van der Waals surface area contributed by atoms with E-state index in [4.69, 9.17) is 39.5 Å². The van der Waals surface area contributed by atoms with Crippen LogP contribution in [0.3, 0.4) is 0 Å². The third kappa shape index (κ3) is 4.46. The van der Waals surface area contributed by atoms with Gasteiger partial charge in [-0.05, 0) is 24.3 Å². The monoisotopic (exact) mass is 475 g/mol. The highest BCUT2D eigenvalue weighted by molar-refractivity contribution is 7.22. The van der Waals surface area contributed by atoms with Crippen molar-refractivity contribution < 1.29 is 9.53 Å². The van der Waals surface area contributed by atoms with Crippen LogP contribution in [0.2, 0.25) is 13.7 Å². The van der Waals surface area contributed by atoms with Crippen molar-refractivity contribution >= 4 is 78.7 Å². The normalized spacial score (nSPS) is 15.2. The molecule has 3 heterocycles. The molecule has 1 saturated heterocycles. The van der Waals surface area contributed by atoms with Crippen LogP contribution in [0.4, 0.5) is 5.13 Å². The molecule has 0 saturated carbocycles. The average molecular weight is 477 g/mol. The molecular weight excluding hydrogens is 461 g/mol. The maximum absolute atomic E-state index is 13.3. The van der Waals surface area contributed by atoms with Crippen LogP contribution in [0.1, 0.15) is 10.4 Å². The van der Waals surface area contributed by atoms with Gasteiger partial charge in [0, 0.05) is 31.2 Å². The summed E-state index contributed by atoms with van der Waals surface area (Å²) >= 11 is 21.0. The van der Waals surface area contributed by atoms with Gasteiger partial charge in [0.05, 0.1) is 33.3 Å². The van der Waals surface area contributed by atoms with Gasteiger partial charge in [0.2, 0.25) is 0 Å². The number of hydrogen-bond donors (Lipinski definition) is 0. The van der Waals surface area contributed by atoms with Gasteiger partial charge < -0.3 is 4.74 Å². The van der Waals surface area contributed by atoms with Crippen molar-refractivity contribution in [2.45, 2.75) is 0 Å². The largest absolute Gasteiger partial charge is 0.379 e. The third-order valence-corrected chi connectivity index (χ3v) is 7.21. The first-order chi connectivity index (χ1) is 13.5. The molecule has 1 aromatic carbocycles. The SMILES string of the molecule is O=C(c1cc(Cl)sc1Cl)N(CCN1CCOCC1)c1nc2ccc(Cl)cc2s1. The number of ether oxygens (including phenoxy) is 1. The number of morpholine rings is 1. The summed E-state index contributed by atoms with van der Waals surface area (Å²) in [5, 5.41) is 1.26. The molecule has 1 aliphatic heterocycles. The molecule has 10 heteroatoms. The van der Waals surface area contributed by atoms with Gasteiger partial charge in [-0.1, -0.05) is 46.1 Å². The molecule has 0 radical (unpaired) electrons. The Kier molecular flexibility index (Phi) is 6.42. The van der Waals surface area contributed by atoms with Crippen molar-refractivity contribution in [1.29, 1.82) is 0 Å². The number of nitrogens with zero attached hydrogens (tertiary/aromatic N) is 3. The fourth-order valence-electron chi connectivity index (χ4n) is 2.98. The highest BCUT2D eigenvalue weighted by Crippen LogP contribution is 2.35. The molecule has 3 aromatic rings. The summed E-state index contributed by atoms with van der Waals surface area (Å²) in [6.07, 6.45) is 0. The van der Waals surface area contributed by atoms with Gasteiger partial charge in [-0.15, -0.1) is 11.3 Å². The minimum absolute atomic E-state index is 0.202. The van der Waals surface area contributed by atoms with E-state index < -0.39 is 0 Å². The smallest absolute Gasteiger partial charge is 0.262 e. The number of thiazole rings is 1. The van der Waals surface area contributed by atoms with Crippen LogP contribution in [0, 0.1) is 0 Å². The van der Waals surface area contributed by atoms with Crippen molar-refractivity contribution in [1.82, 2.24) is 9.88 Å². The average Bonchev–Trinajstić information content (AvgIpc) is 3.24. The second-order valence-corrected chi connectivity index (χ2v) is 9.99. The van der Waals surface area contributed by atoms with Crippen LogP contribution in [-0.2, 0) is 4.74 Å². The fraction of sp³-hybridized carbons (Fsp3) is 0.333. The maximum Gasteiger partial charge on any atom is 0.262 e. The number of anilines is 1. The van der Waals surface area contributed by atoms with Crippen molar-refractivity contribution in [3.63, 3.8) is 0 Å². The highest BCUT2D eigenvalue weighted by Gasteiger charge is 2.25. The van der Waals surface area contributed by atoms with E-state index in [-0.39, 0.29) is 5.91 Å². The fourth-order valence-corrected chi connectivity index (χ4v) is 5.70. The Hall–Kier alpha value is -0.930. The summed E-state index contributed by atoms with van der Waals surface area (Å²) in [6.45, 7) is 4.33. The lowest BCUT2D eigenvalue weighted by molar-refractivity contribution is 0.0391. The van der Waals surface area contributed by atoms with Gasteiger partial charge in [0.1, 0.15) is 4.34 Å². The summed E-state index contributed by atoms with van der Waals surface area (Å²) in [7, 11) is 0. The zero-order chi connectivity index (χ0) is 19.7. The lowest BCUT2D eigenvalue weighted by Gasteiger charge is -2.29. The number of thiophene rings is 1. The Balaban J connectivity index is 1.64. The number of rotatable bonds is 5. The first-order valence-corrected chi connectivity index (χ1v) is 11.4. The van der Waals surface area contributed by atoms with Crippen molar-refractivity contribution in [3.8, 4) is 0 Å². The van der Waals surface area contributed by atoms with Gasteiger partial charge in [0.25, 0.3) is 5.91 Å². The molecule has 0 N–H and O–H groups in total. The number of amides is 1. The Morgan fingerprint density at radius 3 is 2.68 bits per heavy atom. The lowest BCUT2D eigenvalue weighted by atomic mass is 10.3. The number of carbonyl (C=O) groups excluding carboxylic acids is 1. The number of fused-ring (bicyclic) bond motifs is 1. The topological polar surface area (TPSA) is 45.7 Å².